The monoisotopic (exact) mass is 279 g/mol. The number of amides is 2. The molecule has 108 valence electrons. The van der Waals surface area contributed by atoms with Crippen LogP contribution in [0.15, 0.2) is 18.3 Å². The van der Waals surface area contributed by atoms with E-state index in [1.165, 1.54) is 23.2 Å². The molecule has 20 heavy (non-hydrogen) atoms. The number of hydrogen-bond acceptors (Lipinski definition) is 4. The number of nitrogens with zero attached hydrogens (tertiary/aromatic N) is 2. The first-order chi connectivity index (χ1) is 9.37. The predicted molar refractivity (Wildman–Crippen MR) is 70.2 cm³/mol. The second-order valence-electron chi connectivity index (χ2n) is 5.17. The number of likely N-dealkylation sites (tertiary alicyclic amines) is 1. The van der Waals surface area contributed by atoms with Crippen molar-refractivity contribution >= 4 is 12.0 Å². The van der Waals surface area contributed by atoms with Crippen LogP contribution >= 0.6 is 0 Å². The van der Waals surface area contributed by atoms with E-state index in [9.17, 15) is 14.7 Å². The summed E-state index contributed by atoms with van der Waals surface area (Å²) in [5.41, 5.74) is -0.226. The summed E-state index contributed by atoms with van der Waals surface area (Å²) in [5.74, 6) is -1.03. The van der Waals surface area contributed by atoms with E-state index in [2.05, 4.69) is 10.3 Å². The van der Waals surface area contributed by atoms with Crippen LogP contribution in [-0.2, 0) is 6.54 Å². The average Bonchev–Trinajstić information content (AvgIpc) is 2.77. The number of pyridine rings is 1. The summed E-state index contributed by atoms with van der Waals surface area (Å²) in [6.45, 7) is 2.64. The molecule has 1 fully saturated rings. The number of aromatic nitrogens is 1. The van der Waals surface area contributed by atoms with Gasteiger partial charge in [0, 0.05) is 12.7 Å². The first-order valence-corrected chi connectivity index (χ1v) is 6.31. The van der Waals surface area contributed by atoms with Crippen molar-refractivity contribution in [3.05, 3.63) is 29.6 Å². The molecule has 7 nitrogen and oxygen atoms in total. The number of nitrogens with one attached hydrogen (secondary N) is 1. The average molecular weight is 279 g/mol. The number of carboxylic acid groups (broad SMARTS) is 1. The van der Waals surface area contributed by atoms with Crippen LogP contribution in [0.5, 0.6) is 0 Å². The van der Waals surface area contributed by atoms with E-state index in [1.54, 1.807) is 6.92 Å². The predicted octanol–water partition coefficient (Wildman–Crippen LogP) is 0.446. The third-order valence-electron chi connectivity index (χ3n) is 3.22. The minimum Gasteiger partial charge on any atom is -0.478 e. The number of carbonyl (C=O) groups is 2. The molecule has 1 saturated heterocycles. The molecule has 1 unspecified atom stereocenters. The van der Waals surface area contributed by atoms with Crippen LogP contribution < -0.4 is 5.32 Å². The summed E-state index contributed by atoms with van der Waals surface area (Å²) in [6.07, 6.45) is 1.94. The van der Waals surface area contributed by atoms with Gasteiger partial charge in [0.2, 0.25) is 0 Å². The number of urea groups is 1. The van der Waals surface area contributed by atoms with Gasteiger partial charge in [-0.05, 0) is 25.5 Å². The molecule has 0 saturated carbocycles. The van der Waals surface area contributed by atoms with Crippen LogP contribution in [-0.4, -0.2) is 50.8 Å². The molecule has 0 aromatic carbocycles. The van der Waals surface area contributed by atoms with Crippen molar-refractivity contribution in [3.8, 4) is 0 Å². The van der Waals surface area contributed by atoms with E-state index in [0.29, 0.717) is 25.2 Å². The zero-order valence-electron chi connectivity index (χ0n) is 11.2. The zero-order chi connectivity index (χ0) is 14.8. The molecule has 0 bridgehead atoms. The molecule has 7 heteroatoms. The number of aliphatic hydroxyl groups is 1. The van der Waals surface area contributed by atoms with E-state index in [1.807, 2.05) is 0 Å². The fraction of sp³-hybridized carbons (Fsp3) is 0.462. The van der Waals surface area contributed by atoms with Crippen molar-refractivity contribution in [2.75, 3.05) is 13.1 Å². The van der Waals surface area contributed by atoms with Gasteiger partial charge in [0.15, 0.2) is 0 Å². The largest absolute Gasteiger partial charge is 0.478 e. The Hall–Kier alpha value is -2.15. The highest BCUT2D eigenvalue weighted by molar-refractivity contribution is 5.87. The zero-order valence-corrected chi connectivity index (χ0v) is 11.2. The second-order valence-corrected chi connectivity index (χ2v) is 5.17. The normalized spacial score (nSPS) is 21.8. The number of rotatable bonds is 3. The molecule has 1 atom stereocenters. The third kappa shape index (κ3) is 3.45. The van der Waals surface area contributed by atoms with Crippen LogP contribution in [0.1, 0.15) is 29.4 Å². The van der Waals surface area contributed by atoms with Crippen molar-refractivity contribution in [2.24, 2.45) is 0 Å². The Morgan fingerprint density at radius 3 is 2.90 bits per heavy atom. The number of carboxylic acids is 1. The van der Waals surface area contributed by atoms with Crippen molar-refractivity contribution in [3.63, 3.8) is 0 Å². The van der Waals surface area contributed by atoms with Gasteiger partial charge in [-0.15, -0.1) is 0 Å². The number of hydrogen-bond donors (Lipinski definition) is 3. The lowest BCUT2D eigenvalue weighted by Gasteiger charge is -2.19. The second kappa shape index (κ2) is 5.46. The Labute approximate surface area is 116 Å². The highest BCUT2D eigenvalue weighted by Gasteiger charge is 2.33. The molecule has 2 amide bonds. The molecule has 1 aliphatic rings. The maximum Gasteiger partial charge on any atom is 0.335 e. The Bertz CT molecular complexity index is 530. The summed E-state index contributed by atoms with van der Waals surface area (Å²) in [7, 11) is 0. The lowest BCUT2D eigenvalue weighted by atomic mass is 10.1. The molecule has 1 aromatic heterocycles. The lowest BCUT2D eigenvalue weighted by molar-refractivity contribution is 0.0694. The van der Waals surface area contributed by atoms with Crippen molar-refractivity contribution < 1.29 is 19.8 Å². The topological polar surface area (TPSA) is 103 Å². The molecule has 0 aliphatic carbocycles. The Morgan fingerprint density at radius 1 is 1.55 bits per heavy atom. The maximum atomic E-state index is 11.9. The van der Waals surface area contributed by atoms with Crippen LogP contribution in [0.4, 0.5) is 4.79 Å². The molecule has 1 aliphatic heterocycles. The van der Waals surface area contributed by atoms with Gasteiger partial charge in [0.05, 0.1) is 29.9 Å². The highest BCUT2D eigenvalue weighted by atomic mass is 16.4. The molecule has 0 spiro atoms. The highest BCUT2D eigenvalue weighted by Crippen LogP contribution is 2.19. The molecule has 2 heterocycles. The van der Waals surface area contributed by atoms with E-state index in [4.69, 9.17) is 5.11 Å². The summed E-state index contributed by atoms with van der Waals surface area (Å²) < 4.78 is 0. The van der Waals surface area contributed by atoms with E-state index in [-0.39, 0.29) is 18.1 Å². The molecular formula is C13H17N3O4. The maximum absolute atomic E-state index is 11.9. The minimum absolute atomic E-state index is 0.133. The fourth-order valence-corrected chi connectivity index (χ4v) is 2.10. The number of β-amino-alcohol motifs (C(OH)–C–C–N with tert-alkyl or cyclic N) is 1. The molecule has 2 rings (SSSR count). The smallest absolute Gasteiger partial charge is 0.335 e. The SMILES string of the molecule is CC1(O)CCN(C(=O)NCc2cc(C(=O)O)ccn2)C1. The minimum atomic E-state index is -1.03. The molecule has 1 aromatic rings. The Morgan fingerprint density at radius 2 is 2.30 bits per heavy atom. The summed E-state index contributed by atoms with van der Waals surface area (Å²) in [4.78, 5) is 28.2. The summed E-state index contributed by atoms with van der Waals surface area (Å²) in [6, 6.07) is 2.53. The van der Waals surface area contributed by atoms with Crippen LogP contribution in [0.25, 0.3) is 0 Å². The molecule has 0 radical (unpaired) electrons. The quantitative estimate of drug-likeness (QED) is 0.745. The van der Waals surface area contributed by atoms with Crippen molar-refractivity contribution in [2.45, 2.75) is 25.5 Å². The van der Waals surface area contributed by atoms with Crippen LogP contribution in [0.2, 0.25) is 0 Å². The van der Waals surface area contributed by atoms with Crippen LogP contribution in [0.3, 0.4) is 0 Å². The fourth-order valence-electron chi connectivity index (χ4n) is 2.10. The Balaban J connectivity index is 1.91. The first-order valence-electron chi connectivity index (χ1n) is 6.31. The van der Waals surface area contributed by atoms with Gasteiger partial charge in [-0.3, -0.25) is 4.98 Å². The molecule has 3 N–H and O–H groups in total. The number of aromatic carboxylic acids is 1. The Kier molecular flexibility index (Phi) is 3.89. The van der Waals surface area contributed by atoms with Gasteiger partial charge in [-0.2, -0.15) is 0 Å². The number of carbonyl (C=O) groups excluding carboxylic acids is 1. The van der Waals surface area contributed by atoms with Gasteiger partial charge in [0.1, 0.15) is 0 Å². The van der Waals surface area contributed by atoms with E-state index < -0.39 is 11.6 Å². The van der Waals surface area contributed by atoms with Gasteiger partial charge < -0.3 is 20.4 Å². The summed E-state index contributed by atoms with van der Waals surface area (Å²) >= 11 is 0. The van der Waals surface area contributed by atoms with Gasteiger partial charge in [-0.1, -0.05) is 0 Å². The van der Waals surface area contributed by atoms with Crippen molar-refractivity contribution in [1.82, 2.24) is 15.2 Å². The standard InChI is InChI=1S/C13H17N3O4/c1-13(20)3-5-16(8-13)12(19)15-7-10-6-9(11(17)18)2-4-14-10/h2,4,6,20H,3,5,7-8H2,1H3,(H,15,19)(H,17,18). The lowest BCUT2D eigenvalue weighted by Crippen LogP contribution is -2.40. The van der Waals surface area contributed by atoms with Gasteiger partial charge in [0.25, 0.3) is 0 Å². The van der Waals surface area contributed by atoms with E-state index >= 15 is 0 Å². The van der Waals surface area contributed by atoms with Crippen molar-refractivity contribution in [1.29, 1.82) is 0 Å². The first kappa shape index (κ1) is 14.3. The summed E-state index contributed by atoms with van der Waals surface area (Å²) in [5, 5.41) is 21.3. The van der Waals surface area contributed by atoms with Gasteiger partial charge in [-0.25, -0.2) is 9.59 Å². The van der Waals surface area contributed by atoms with Crippen LogP contribution in [0, 0.1) is 0 Å². The third-order valence-corrected chi connectivity index (χ3v) is 3.22. The van der Waals surface area contributed by atoms with E-state index in [0.717, 1.165) is 0 Å². The molecular weight excluding hydrogens is 262 g/mol. The van der Waals surface area contributed by atoms with Gasteiger partial charge >= 0.3 is 12.0 Å².